The number of hydrogen-bond donors (Lipinski definition) is 3. The second-order valence-electron chi connectivity index (χ2n) is 8.87. The van der Waals surface area contributed by atoms with Crippen molar-refractivity contribution in [2.75, 3.05) is 33.3 Å². The number of carbonyl (C=O) groups excluding carboxylic acids is 2. The number of rotatable bonds is 5. The average molecular weight is 533 g/mol. The van der Waals surface area contributed by atoms with Crippen molar-refractivity contribution in [3.63, 3.8) is 0 Å². The Bertz CT molecular complexity index is 1080. The summed E-state index contributed by atoms with van der Waals surface area (Å²) in [5.41, 5.74) is 0.722. The SMILES string of the molecule is COc1ccc(C(=O)C2CCN(C3CN(C(=O)c4ccc(C)s4)CCC3O)CC2)cc1.OOC#COO. The maximum Gasteiger partial charge on any atom is 0.263 e. The minimum absolute atomic E-state index is 0.00259. The second-order valence-corrected chi connectivity index (χ2v) is 10.2. The van der Waals surface area contributed by atoms with Gasteiger partial charge in [-0.05, 0) is 75.7 Å². The Hall–Kier alpha value is -3.14. The van der Waals surface area contributed by atoms with E-state index in [-0.39, 0.29) is 23.7 Å². The zero-order chi connectivity index (χ0) is 26.8. The van der Waals surface area contributed by atoms with Crippen molar-refractivity contribution in [2.45, 2.75) is 38.3 Å². The summed E-state index contributed by atoms with van der Waals surface area (Å²) >= 11 is 1.52. The molecule has 0 radical (unpaired) electrons. The lowest BCUT2D eigenvalue weighted by Crippen LogP contribution is -2.58. The normalized spacial score (nSPS) is 20.1. The molecular formula is C26H32N2O8S. The predicted octanol–water partition coefficient (Wildman–Crippen LogP) is 3.12. The highest BCUT2D eigenvalue weighted by Crippen LogP contribution is 2.28. The maximum absolute atomic E-state index is 12.9. The third-order valence-corrected chi connectivity index (χ3v) is 7.65. The van der Waals surface area contributed by atoms with Crippen LogP contribution in [0.15, 0.2) is 36.4 Å². The minimum atomic E-state index is -0.442. The molecular weight excluding hydrogens is 500 g/mol. The number of benzene rings is 1. The molecule has 1 amide bonds. The van der Waals surface area contributed by atoms with Crippen molar-refractivity contribution in [3.05, 3.63) is 51.7 Å². The molecule has 2 saturated heterocycles. The van der Waals surface area contributed by atoms with Crippen LogP contribution >= 0.6 is 11.3 Å². The highest BCUT2D eigenvalue weighted by atomic mass is 32.1. The Labute approximate surface area is 219 Å². The van der Waals surface area contributed by atoms with Crippen LogP contribution in [-0.2, 0) is 9.78 Å². The van der Waals surface area contributed by atoms with Crippen LogP contribution in [-0.4, -0.2) is 82.5 Å². The van der Waals surface area contributed by atoms with Gasteiger partial charge in [-0.2, -0.15) is 10.5 Å². The van der Waals surface area contributed by atoms with Crippen LogP contribution in [0.2, 0.25) is 0 Å². The molecule has 1 aromatic carbocycles. The van der Waals surface area contributed by atoms with E-state index in [9.17, 15) is 14.7 Å². The minimum Gasteiger partial charge on any atom is -0.497 e. The molecule has 3 heterocycles. The highest BCUT2D eigenvalue weighted by Gasteiger charge is 2.37. The zero-order valence-electron chi connectivity index (χ0n) is 20.8. The molecule has 2 aliphatic heterocycles. The number of Topliss-reactive ketones (excluding diaryl/α,β-unsaturated/α-hetero) is 1. The summed E-state index contributed by atoms with van der Waals surface area (Å²) in [6.45, 7) is 4.64. The molecule has 0 spiro atoms. The van der Waals surface area contributed by atoms with Crippen molar-refractivity contribution in [1.82, 2.24) is 9.80 Å². The molecule has 10 nitrogen and oxygen atoms in total. The Morgan fingerprint density at radius 2 is 1.62 bits per heavy atom. The number of carbonyl (C=O) groups is 2. The van der Waals surface area contributed by atoms with E-state index < -0.39 is 6.10 Å². The van der Waals surface area contributed by atoms with E-state index in [0.29, 0.717) is 19.5 Å². The molecule has 200 valence electrons. The van der Waals surface area contributed by atoms with E-state index in [4.69, 9.17) is 15.3 Å². The standard InChI is InChI=1S/C24H30N2O4S.C2H2O4/c1-16-3-8-22(31-16)24(29)26-14-11-21(27)20(15-26)25-12-9-18(10-13-25)23(28)17-4-6-19(30-2)7-5-17;3-5-1-2-6-4/h3-8,18,20-21,27H,9-15H2,1-2H3;3-4H. The summed E-state index contributed by atoms with van der Waals surface area (Å²) in [6.07, 6.45) is 4.75. The third kappa shape index (κ3) is 7.67. The Kier molecular flexibility index (Phi) is 10.7. The number of thiophene rings is 1. The first-order chi connectivity index (χ1) is 17.9. The summed E-state index contributed by atoms with van der Waals surface area (Å²) in [5, 5.41) is 25.3. The van der Waals surface area contributed by atoms with E-state index >= 15 is 0 Å². The molecule has 2 aliphatic rings. The fourth-order valence-corrected chi connectivity index (χ4v) is 5.52. The monoisotopic (exact) mass is 532 g/mol. The lowest BCUT2D eigenvalue weighted by atomic mass is 9.87. The van der Waals surface area contributed by atoms with Crippen LogP contribution in [0.3, 0.4) is 0 Å². The van der Waals surface area contributed by atoms with Crippen LogP contribution in [0.5, 0.6) is 5.75 Å². The lowest BCUT2D eigenvalue weighted by molar-refractivity contribution is -0.188. The van der Waals surface area contributed by atoms with Gasteiger partial charge in [0.25, 0.3) is 5.91 Å². The first-order valence-electron chi connectivity index (χ1n) is 11.9. The third-order valence-electron chi connectivity index (χ3n) is 6.66. The van der Waals surface area contributed by atoms with Crippen molar-refractivity contribution in [1.29, 1.82) is 0 Å². The largest absolute Gasteiger partial charge is 0.497 e. The van der Waals surface area contributed by atoms with Gasteiger partial charge in [0.05, 0.1) is 24.1 Å². The van der Waals surface area contributed by atoms with E-state index in [2.05, 4.69) is 14.7 Å². The topological polar surface area (TPSA) is 129 Å². The lowest BCUT2D eigenvalue weighted by Gasteiger charge is -2.44. The van der Waals surface area contributed by atoms with Gasteiger partial charge in [-0.25, -0.2) is 0 Å². The Morgan fingerprint density at radius 3 is 2.16 bits per heavy atom. The molecule has 1 aromatic heterocycles. The van der Waals surface area contributed by atoms with E-state index in [1.54, 1.807) is 7.11 Å². The number of amides is 1. The summed E-state index contributed by atoms with van der Waals surface area (Å²) in [4.78, 5) is 38.1. The van der Waals surface area contributed by atoms with Crippen LogP contribution in [0.4, 0.5) is 0 Å². The maximum atomic E-state index is 12.9. The number of ketones is 1. The van der Waals surface area contributed by atoms with Crippen molar-refractivity contribution in [2.24, 2.45) is 5.92 Å². The number of aryl methyl sites for hydroxylation is 1. The molecule has 0 bridgehead atoms. The molecule has 0 saturated carbocycles. The van der Waals surface area contributed by atoms with Gasteiger partial charge in [0.15, 0.2) is 5.78 Å². The number of hydrogen-bond acceptors (Lipinski definition) is 10. The van der Waals surface area contributed by atoms with Gasteiger partial charge in [0.2, 0.25) is 12.2 Å². The van der Waals surface area contributed by atoms with Crippen LogP contribution in [0.1, 0.15) is 44.2 Å². The van der Waals surface area contributed by atoms with Gasteiger partial charge in [-0.3, -0.25) is 24.3 Å². The molecule has 2 unspecified atom stereocenters. The highest BCUT2D eigenvalue weighted by molar-refractivity contribution is 7.13. The van der Waals surface area contributed by atoms with Crippen molar-refractivity contribution < 1.29 is 39.7 Å². The first kappa shape index (κ1) is 28.4. The molecule has 2 atom stereocenters. The molecule has 2 fully saturated rings. The fourth-order valence-electron chi connectivity index (χ4n) is 4.69. The number of aliphatic hydroxyl groups excluding tert-OH is 1. The fraction of sp³-hybridized carbons (Fsp3) is 0.462. The number of nitrogens with zero attached hydrogens (tertiary/aromatic N) is 2. The van der Waals surface area contributed by atoms with E-state index in [1.165, 1.54) is 23.5 Å². The molecule has 37 heavy (non-hydrogen) atoms. The van der Waals surface area contributed by atoms with Crippen molar-refractivity contribution in [3.8, 4) is 18.0 Å². The summed E-state index contributed by atoms with van der Waals surface area (Å²) in [5.74, 6) is 0.975. The van der Waals surface area contributed by atoms with E-state index in [0.717, 1.165) is 47.0 Å². The summed E-state index contributed by atoms with van der Waals surface area (Å²) in [7, 11) is 1.61. The second kappa shape index (κ2) is 14.0. The zero-order valence-corrected chi connectivity index (χ0v) is 21.6. The van der Waals surface area contributed by atoms with Gasteiger partial charge in [0, 0.05) is 29.4 Å². The van der Waals surface area contributed by atoms with Gasteiger partial charge in [-0.1, -0.05) is 0 Å². The quantitative estimate of drug-likeness (QED) is 0.230. The van der Waals surface area contributed by atoms with Gasteiger partial charge in [0.1, 0.15) is 5.75 Å². The number of ether oxygens (including phenoxy) is 1. The number of likely N-dealkylation sites (tertiary alicyclic amines) is 2. The molecule has 3 N–H and O–H groups in total. The van der Waals surface area contributed by atoms with Gasteiger partial charge < -0.3 is 14.7 Å². The number of piperidine rings is 2. The Morgan fingerprint density at radius 1 is 0.973 bits per heavy atom. The van der Waals surface area contributed by atoms with Gasteiger partial charge in [-0.15, -0.1) is 11.3 Å². The number of aliphatic hydroxyl groups is 1. The van der Waals surface area contributed by atoms with Crippen molar-refractivity contribution >= 4 is 23.0 Å². The molecule has 2 aromatic rings. The molecule has 0 aliphatic carbocycles. The van der Waals surface area contributed by atoms with Crippen LogP contribution in [0, 0.1) is 25.1 Å². The number of methoxy groups -OCH3 is 1. The molecule has 4 rings (SSSR count). The molecule has 11 heteroatoms. The van der Waals surface area contributed by atoms with Gasteiger partial charge >= 0.3 is 0 Å². The summed E-state index contributed by atoms with van der Waals surface area (Å²) in [6, 6.07) is 11.1. The van der Waals surface area contributed by atoms with Crippen LogP contribution in [0.25, 0.3) is 0 Å². The predicted molar refractivity (Wildman–Crippen MR) is 136 cm³/mol. The Balaban J connectivity index is 0.000000568. The summed E-state index contributed by atoms with van der Waals surface area (Å²) < 4.78 is 5.17. The van der Waals surface area contributed by atoms with Crippen LogP contribution < -0.4 is 4.74 Å². The van der Waals surface area contributed by atoms with E-state index in [1.807, 2.05) is 48.2 Å². The smallest absolute Gasteiger partial charge is 0.263 e. The first-order valence-corrected chi connectivity index (χ1v) is 12.8. The average Bonchev–Trinajstić information content (AvgIpc) is 3.38.